The number of nitrogens with zero attached hydrogens (tertiary/aromatic N) is 3. The van der Waals surface area contributed by atoms with Gasteiger partial charge in [-0.1, -0.05) is 12.1 Å². The van der Waals surface area contributed by atoms with Gasteiger partial charge in [-0.3, -0.25) is 0 Å². The second kappa shape index (κ2) is 5.58. The van der Waals surface area contributed by atoms with Crippen LogP contribution in [0.3, 0.4) is 0 Å². The van der Waals surface area contributed by atoms with E-state index in [1.807, 2.05) is 0 Å². The van der Waals surface area contributed by atoms with Gasteiger partial charge in [0, 0.05) is 9.43 Å². The summed E-state index contributed by atoms with van der Waals surface area (Å²) in [5.74, 6) is -1.41. The Labute approximate surface area is 103 Å². The molecular weight excluding hydrogens is 229 g/mol. The van der Waals surface area contributed by atoms with Gasteiger partial charge in [0.05, 0.1) is 10.9 Å². The topological polar surface area (TPSA) is 123 Å². The van der Waals surface area contributed by atoms with E-state index in [9.17, 15) is 18.3 Å². The van der Waals surface area contributed by atoms with Crippen LogP contribution in [0.4, 0.5) is 0 Å². The summed E-state index contributed by atoms with van der Waals surface area (Å²) in [4.78, 5) is 12.2. The van der Waals surface area contributed by atoms with E-state index < -0.39 is 16.0 Å². The molecule has 0 fully saturated rings. The van der Waals surface area contributed by atoms with E-state index in [4.69, 9.17) is 5.53 Å². The molecule has 0 spiro atoms. The Morgan fingerprint density at radius 3 is 2.19 bits per heavy atom. The third-order valence-electron chi connectivity index (χ3n) is 1.53. The molecule has 0 heterocycles. The van der Waals surface area contributed by atoms with Gasteiger partial charge in [0.2, 0.25) is 0 Å². The van der Waals surface area contributed by atoms with Crippen LogP contribution >= 0.6 is 0 Å². The minimum atomic E-state index is -4.06. The van der Waals surface area contributed by atoms with Crippen molar-refractivity contribution in [3.8, 4) is 0 Å². The van der Waals surface area contributed by atoms with E-state index in [1.54, 1.807) is 0 Å². The summed E-state index contributed by atoms with van der Waals surface area (Å²) in [6.45, 7) is 0. The molecule has 9 heteroatoms. The van der Waals surface area contributed by atoms with Crippen molar-refractivity contribution in [3.63, 3.8) is 0 Å². The molecule has 0 aliphatic rings. The molecule has 7 nitrogen and oxygen atoms in total. The normalized spacial score (nSPS) is 9.75. The number of carbonyl (C=O) groups excluding carboxylic acids is 1. The Morgan fingerprint density at radius 1 is 1.31 bits per heavy atom. The van der Waals surface area contributed by atoms with Crippen LogP contribution in [0, 0.1) is 0 Å². The number of benzene rings is 1. The van der Waals surface area contributed by atoms with Crippen LogP contribution in [-0.4, -0.2) is 14.4 Å². The molecule has 0 atom stereocenters. The predicted octanol–water partition coefficient (Wildman–Crippen LogP) is -2.95. The van der Waals surface area contributed by atoms with Gasteiger partial charge in [-0.05, 0) is 23.2 Å². The smallest absolute Gasteiger partial charge is 0.545 e. The molecule has 0 amide bonds. The molecule has 0 aromatic heterocycles. The first-order valence-corrected chi connectivity index (χ1v) is 5.04. The van der Waals surface area contributed by atoms with Gasteiger partial charge in [0.25, 0.3) is 10.0 Å². The van der Waals surface area contributed by atoms with E-state index in [0.29, 0.717) is 0 Å². The maximum absolute atomic E-state index is 11.1. The number of sulfonamides is 1. The molecule has 0 unspecified atom stereocenters. The molecule has 1 aromatic carbocycles. The van der Waals surface area contributed by atoms with Crippen LogP contribution in [0.5, 0.6) is 0 Å². The van der Waals surface area contributed by atoms with Crippen molar-refractivity contribution >= 4 is 16.0 Å². The first-order valence-electron chi connectivity index (χ1n) is 3.60. The molecule has 0 saturated heterocycles. The summed E-state index contributed by atoms with van der Waals surface area (Å²) in [5, 5.41) is 10.3. The van der Waals surface area contributed by atoms with Gasteiger partial charge < -0.3 is 9.90 Å². The average molecular weight is 233 g/mol. The first-order chi connectivity index (χ1) is 6.97. The second-order valence-corrected chi connectivity index (χ2v) is 4.04. The van der Waals surface area contributed by atoms with Crippen molar-refractivity contribution in [1.29, 1.82) is 0 Å². The summed E-state index contributed by atoms with van der Waals surface area (Å²) in [7, 11) is -4.06. The summed E-state index contributed by atoms with van der Waals surface area (Å²) in [5.41, 5.74) is 7.82. The van der Waals surface area contributed by atoms with Crippen LogP contribution in [0.2, 0.25) is 0 Å². The number of hydrogen-bond acceptors (Lipinski definition) is 4. The maximum Gasteiger partial charge on any atom is 1.00 e. The Hall–Kier alpha value is -1.45. The van der Waals surface area contributed by atoms with Crippen LogP contribution in [0.1, 0.15) is 10.4 Å². The summed E-state index contributed by atoms with van der Waals surface area (Å²) < 4.78 is 24.9. The van der Waals surface area contributed by atoms with Crippen LogP contribution in [-0.2, 0) is 10.0 Å². The van der Waals surface area contributed by atoms with Gasteiger partial charge in [-0.15, -0.1) is 0 Å². The number of hydrogen-bond donors (Lipinski definition) is 0. The van der Waals surface area contributed by atoms with Gasteiger partial charge in [-0.25, -0.2) is 8.42 Å². The molecule has 0 aliphatic heterocycles. The standard InChI is InChI=1S/C7H5N3O4S.Li/c8-9-10-15(13,14)6-3-1-5(2-4-6)7(11)12;/h1-4H,(H,11,12);/q;+1/p-1. The number of azide groups is 1. The molecule has 1 aromatic rings. The first kappa shape index (κ1) is 14.5. The Kier molecular flexibility index (Phi) is 5.08. The molecular formula is C7H4LiN3O4S. The molecule has 0 radical (unpaired) electrons. The van der Waals surface area contributed by atoms with E-state index >= 15 is 0 Å². The van der Waals surface area contributed by atoms with Crippen molar-refractivity contribution in [2.24, 2.45) is 4.52 Å². The van der Waals surface area contributed by atoms with Crippen molar-refractivity contribution < 1.29 is 37.2 Å². The second-order valence-electron chi connectivity index (χ2n) is 2.46. The van der Waals surface area contributed by atoms with Crippen molar-refractivity contribution in [1.82, 2.24) is 0 Å². The van der Waals surface area contributed by atoms with Crippen LogP contribution in [0.15, 0.2) is 33.7 Å². The molecule has 78 valence electrons. The fourth-order valence-electron chi connectivity index (χ4n) is 0.858. The maximum atomic E-state index is 11.1. The third-order valence-corrected chi connectivity index (χ3v) is 2.69. The molecule has 16 heavy (non-hydrogen) atoms. The fourth-order valence-corrected chi connectivity index (χ4v) is 1.53. The zero-order valence-corrected chi connectivity index (χ0v) is 9.01. The van der Waals surface area contributed by atoms with E-state index in [-0.39, 0.29) is 29.3 Å². The van der Waals surface area contributed by atoms with E-state index in [1.165, 1.54) is 0 Å². The zero-order valence-electron chi connectivity index (χ0n) is 8.19. The molecule has 1 rings (SSSR count). The Bertz CT molecular complexity index is 533. The summed E-state index contributed by atoms with van der Waals surface area (Å²) in [6, 6.07) is 4.15. The van der Waals surface area contributed by atoms with Crippen LogP contribution < -0.4 is 24.0 Å². The number of carboxylic acid groups (broad SMARTS) is 1. The van der Waals surface area contributed by atoms with Gasteiger partial charge in [-0.2, -0.15) is 0 Å². The Balaban J connectivity index is 0.00000225. The SMILES string of the molecule is [Li+].[N-]=[N+]=NS(=O)(=O)c1ccc(C(=O)[O-])cc1. The van der Waals surface area contributed by atoms with Crippen molar-refractivity contribution in [2.75, 3.05) is 0 Å². The summed E-state index contributed by atoms with van der Waals surface area (Å²) >= 11 is 0. The number of aromatic carboxylic acids is 1. The number of carbonyl (C=O) groups is 1. The third kappa shape index (κ3) is 3.29. The monoisotopic (exact) mass is 233 g/mol. The van der Waals surface area contributed by atoms with E-state index in [0.717, 1.165) is 24.3 Å². The average Bonchev–Trinajstić information content (AvgIpc) is 2.18. The van der Waals surface area contributed by atoms with E-state index in [2.05, 4.69) is 9.43 Å². The van der Waals surface area contributed by atoms with Crippen LogP contribution in [0.25, 0.3) is 10.4 Å². The quantitative estimate of drug-likeness (QED) is 0.239. The zero-order chi connectivity index (χ0) is 11.5. The fraction of sp³-hybridized carbons (Fsp3) is 0. The van der Waals surface area contributed by atoms with Crippen molar-refractivity contribution in [3.05, 3.63) is 40.3 Å². The molecule has 0 N–H and O–H groups in total. The predicted molar refractivity (Wildman–Crippen MR) is 47.1 cm³/mol. The minimum absolute atomic E-state index is 0. The minimum Gasteiger partial charge on any atom is -0.545 e. The van der Waals surface area contributed by atoms with Gasteiger partial charge in [0.1, 0.15) is 0 Å². The largest absolute Gasteiger partial charge is 1.00 e. The Morgan fingerprint density at radius 2 is 1.81 bits per heavy atom. The number of rotatable bonds is 3. The number of carboxylic acids is 1. The molecule has 0 saturated carbocycles. The summed E-state index contributed by atoms with van der Waals surface area (Å²) in [6.07, 6.45) is 0. The van der Waals surface area contributed by atoms with Gasteiger partial charge in [0.15, 0.2) is 0 Å². The van der Waals surface area contributed by atoms with Crippen molar-refractivity contribution in [2.45, 2.75) is 4.90 Å². The molecule has 0 bridgehead atoms. The molecule has 0 aliphatic carbocycles. The van der Waals surface area contributed by atoms with Gasteiger partial charge >= 0.3 is 18.9 Å².